The molecule has 140 valence electrons. The third kappa shape index (κ3) is 3.24. The Morgan fingerprint density at radius 3 is 2.50 bits per heavy atom. The first-order valence-corrected chi connectivity index (χ1v) is 10.1. The number of rotatable bonds is 3. The Morgan fingerprint density at radius 2 is 1.79 bits per heavy atom. The van der Waals surface area contributed by atoms with E-state index in [4.69, 9.17) is 11.6 Å². The van der Waals surface area contributed by atoms with Crippen molar-refractivity contribution in [1.29, 1.82) is 0 Å². The van der Waals surface area contributed by atoms with Gasteiger partial charge in [0, 0.05) is 59.0 Å². The summed E-state index contributed by atoms with van der Waals surface area (Å²) < 4.78 is 0. The van der Waals surface area contributed by atoms with Gasteiger partial charge in [0.15, 0.2) is 0 Å². The molecule has 0 unspecified atom stereocenters. The van der Waals surface area contributed by atoms with Gasteiger partial charge in [0.25, 0.3) is 0 Å². The standard InChI is InChI=1S/C22H23ClN2O2.Na/c23-16-6-7-20-19(10-16)22(8-1-2-9-22)14-25(20)18-5-3-4-17(11-18)24-12-15(13-24)21(26)27;/h3-7,10-11,15H,1-2,8-9,12-14H2,(H,26,27);/q;+1/p-1. The van der Waals surface area contributed by atoms with Crippen LogP contribution in [0.4, 0.5) is 17.1 Å². The summed E-state index contributed by atoms with van der Waals surface area (Å²) in [6.07, 6.45) is 4.99. The molecule has 0 aromatic heterocycles. The molecule has 4 nitrogen and oxygen atoms in total. The van der Waals surface area contributed by atoms with Crippen LogP contribution >= 0.6 is 11.6 Å². The number of halogens is 1. The first-order valence-electron chi connectivity index (χ1n) is 9.69. The Morgan fingerprint density at radius 1 is 1.07 bits per heavy atom. The van der Waals surface area contributed by atoms with Gasteiger partial charge in [-0.1, -0.05) is 30.5 Å². The second kappa shape index (κ2) is 7.56. The molecular weight excluding hydrogens is 383 g/mol. The summed E-state index contributed by atoms with van der Waals surface area (Å²) in [5, 5.41) is 11.8. The molecule has 0 N–H and O–H groups in total. The number of aliphatic carboxylic acids is 1. The Labute approximate surface area is 192 Å². The number of carbonyl (C=O) groups excluding carboxylic acids is 1. The first kappa shape index (κ1) is 20.1. The second-order valence-electron chi connectivity index (χ2n) is 8.18. The first-order chi connectivity index (χ1) is 13.1. The maximum Gasteiger partial charge on any atom is 1.00 e. The molecule has 0 bridgehead atoms. The van der Waals surface area contributed by atoms with Crippen LogP contribution in [0.1, 0.15) is 31.2 Å². The normalized spacial score (nSPS) is 20.0. The van der Waals surface area contributed by atoms with Crippen LogP contribution in [0.5, 0.6) is 0 Å². The number of anilines is 3. The fourth-order valence-corrected chi connectivity index (χ4v) is 5.22. The van der Waals surface area contributed by atoms with Crippen molar-refractivity contribution in [3.63, 3.8) is 0 Å². The van der Waals surface area contributed by atoms with Crippen LogP contribution in [0, 0.1) is 5.92 Å². The van der Waals surface area contributed by atoms with Crippen LogP contribution in [0.2, 0.25) is 5.02 Å². The second-order valence-corrected chi connectivity index (χ2v) is 8.61. The van der Waals surface area contributed by atoms with Crippen molar-refractivity contribution in [2.24, 2.45) is 5.92 Å². The molecule has 5 rings (SSSR count). The SMILES string of the molecule is O=C([O-])C1CN(c2cccc(N3CC4(CCCC4)c4cc(Cl)ccc43)c2)C1.[Na+]. The number of hydrogen-bond acceptors (Lipinski definition) is 4. The zero-order valence-electron chi connectivity index (χ0n) is 16.2. The van der Waals surface area contributed by atoms with E-state index >= 15 is 0 Å². The predicted molar refractivity (Wildman–Crippen MR) is 106 cm³/mol. The van der Waals surface area contributed by atoms with Gasteiger partial charge >= 0.3 is 29.6 Å². The Bertz CT molecular complexity index is 907. The van der Waals surface area contributed by atoms with Crippen molar-refractivity contribution >= 4 is 34.6 Å². The fourth-order valence-electron chi connectivity index (χ4n) is 5.05. The van der Waals surface area contributed by atoms with Crippen molar-refractivity contribution in [1.82, 2.24) is 0 Å². The van der Waals surface area contributed by atoms with Gasteiger partial charge in [-0.3, -0.25) is 0 Å². The summed E-state index contributed by atoms with van der Waals surface area (Å²) >= 11 is 6.33. The summed E-state index contributed by atoms with van der Waals surface area (Å²) in [7, 11) is 0. The van der Waals surface area contributed by atoms with Crippen LogP contribution in [0.15, 0.2) is 42.5 Å². The molecule has 2 aromatic carbocycles. The predicted octanol–water partition coefficient (Wildman–Crippen LogP) is 0.494. The minimum atomic E-state index is -0.948. The Hall–Kier alpha value is -1.20. The number of carboxylic acid groups (broad SMARTS) is 1. The van der Waals surface area contributed by atoms with Gasteiger partial charge in [-0.15, -0.1) is 0 Å². The summed E-state index contributed by atoms with van der Waals surface area (Å²) in [6, 6.07) is 14.7. The van der Waals surface area contributed by atoms with Gasteiger partial charge < -0.3 is 19.7 Å². The minimum absolute atomic E-state index is 0. The van der Waals surface area contributed by atoms with Crippen LogP contribution in [-0.4, -0.2) is 25.6 Å². The molecule has 28 heavy (non-hydrogen) atoms. The number of hydrogen-bond donors (Lipinski definition) is 0. The van der Waals surface area contributed by atoms with E-state index < -0.39 is 5.97 Å². The summed E-state index contributed by atoms with van der Waals surface area (Å²) in [6.45, 7) is 2.05. The topological polar surface area (TPSA) is 46.6 Å². The molecule has 1 aliphatic carbocycles. The molecule has 6 heteroatoms. The van der Waals surface area contributed by atoms with Gasteiger partial charge in [0.2, 0.25) is 0 Å². The maximum absolute atomic E-state index is 11.0. The molecule has 2 aliphatic heterocycles. The number of benzene rings is 2. The number of nitrogens with zero attached hydrogens (tertiary/aromatic N) is 2. The van der Waals surface area contributed by atoms with E-state index in [1.165, 1.54) is 36.9 Å². The molecule has 2 aromatic rings. The molecule has 1 saturated heterocycles. The van der Waals surface area contributed by atoms with Gasteiger partial charge in [-0.2, -0.15) is 0 Å². The summed E-state index contributed by atoms with van der Waals surface area (Å²) in [5.74, 6) is -1.30. The smallest absolute Gasteiger partial charge is 0.550 e. The Kier molecular flexibility index (Phi) is 5.43. The van der Waals surface area contributed by atoms with Crippen molar-refractivity contribution in [3.8, 4) is 0 Å². The molecule has 1 saturated carbocycles. The quantitative estimate of drug-likeness (QED) is 0.699. The molecule has 1 spiro atoms. The largest absolute Gasteiger partial charge is 1.00 e. The van der Waals surface area contributed by atoms with Gasteiger partial charge in [-0.05, 0) is 54.8 Å². The van der Waals surface area contributed by atoms with Gasteiger partial charge in [0.05, 0.1) is 0 Å². The van der Waals surface area contributed by atoms with Crippen LogP contribution in [-0.2, 0) is 10.2 Å². The monoisotopic (exact) mass is 404 g/mol. The molecule has 0 radical (unpaired) electrons. The number of carbonyl (C=O) groups is 1. The van der Waals surface area contributed by atoms with Crippen molar-refractivity contribution in [3.05, 3.63) is 53.1 Å². The van der Waals surface area contributed by atoms with Crippen molar-refractivity contribution in [2.45, 2.75) is 31.1 Å². The third-order valence-electron chi connectivity index (χ3n) is 6.56. The van der Waals surface area contributed by atoms with Crippen LogP contribution in [0.3, 0.4) is 0 Å². The van der Waals surface area contributed by atoms with Crippen molar-refractivity contribution < 1.29 is 39.5 Å². The molecule has 0 atom stereocenters. The average molecular weight is 405 g/mol. The van der Waals surface area contributed by atoms with E-state index in [-0.39, 0.29) is 40.9 Å². The molecule has 2 heterocycles. The average Bonchev–Trinajstić information content (AvgIpc) is 3.20. The summed E-state index contributed by atoms with van der Waals surface area (Å²) in [5.41, 5.74) is 5.10. The zero-order chi connectivity index (χ0) is 18.6. The zero-order valence-corrected chi connectivity index (χ0v) is 18.9. The van der Waals surface area contributed by atoms with Crippen LogP contribution in [0.25, 0.3) is 0 Å². The van der Waals surface area contributed by atoms with Crippen LogP contribution < -0.4 is 44.5 Å². The third-order valence-corrected chi connectivity index (χ3v) is 6.80. The van der Waals surface area contributed by atoms with E-state index in [2.05, 4.69) is 46.2 Å². The minimum Gasteiger partial charge on any atom is -0.550 e. The van der Waals surface area contributed by atoms with Gasteiger partial charge in [0.1, 0.15) is 0 Å². The van der Waals surface area contributed by atoms with Crippen molar-refractivity contribution in [2.75, 3.05) is 29.4 Å². The summed E-state index contributed by atoms with van der Waals surface area (Å²) in [4.78, 5) is 15.5. The van der Waals surface area contributed by atoms with E-state index in [1.807, 2.05) is 6.07 Å². The molecule has 3 aliphatic rings. The van der Waals surface area contributed by atoms with E-state index in [1.54, 1.807) is 0 Å². The van der Waals surface area contributed by atoms with E-state index in [9.17, 15) is 9.90 Å². The maximum atomic E-state index is 11.0. The molecule has 0 amide bonds. The van der Waals surface area contributed by atoms with E-state index in [0.29, 0.717) is 13.1 Å². The van der Waals surface area contributed by atoms with Gasteiger partial charge in [-0.25, -0.2) is 0 Å². The number of carboxylic acids is 1. The Balaban J connectivity index is 0.00000192. The molecule has 2 fully saturated rings. The number of fused-ring (bicyclic) bond motifs is 2. The van der Waals surface area contributed by atoms with E-state index in [0.717, 1.165) is 22.9 Å². The fraction of sp³-hybridized carbons (Fsp3) is 0.409. The molecular formula is C22H22ClN2NaO2.